The highest BCUT2D eigenvalue weighted by molar-refractivity contribution is 5.98. The Balaban J connectivity index is 1.71. The van der Waals surface area contributed by atoms with E-state index in [0.717, 1.165) is 19.3 Å². The fraction of sp³-hybridized carbons (Fsp3) is 0.440. The number of carbonyl (C=O) groups excluding carboxylic acids is 1. The van der Waals surface area contributed by atoms with Gasteiger partial charge < -0.3 is 19.9 Å². The molecule has 31 heavy (non-hydrogen) atoms. The molecule has 0 atom stereocenters. The number of ether oxygens (including phenoxy) is 2. The Morgan fingerprint density at radius 1 is 1.13 bits per heavy atom. The summed E-state index contributed by atoms with van der Waals surface area (Å²) < 4.78 is 11.3. The van der Waals surface area contributed by atoms with Gasteiger partial charge in [-0.2, -0.15) is 0 Å². The van der Waals surface area contributed by atoms with Crippen molar-refractivity contribution in [1.29, 1.82) is 0 Å². The van der Waals surface area contributed by atoms with Crippen LogP contribution in [0.3, 0.4) is 0 Å². The molecule has 0 spiro atoms. The first-order valence-corrected chi connectivity index (χ1v) is 10.8. The van der Waals surface area contributed by atoms with Crippen molar-refractivity contribution in [2.24, 2.45) is 5.92 Å². The third kappa shape index (κ3) is 5.57. The van der Waals surface area contributed by atoms with Crippen LogP contribution < -0.4 is 14.8 Å². The monoisotopic (exact) mass is 425 g/mol. The lowest BCUT2D eigenvalue weighted by atomic mass is 9.77. The van der Waals surface area contributed by atoms with Crippen LogP contribution in [0, 0.1) is 12.8 Å². The van der Waals surface area contributed by atoms with Gasteiger partial charge in [-0.3, -0.25) is 4.79 Å². The molecular formula is C25H31NO5. The molecule has 6 nitrogen and oxygen atoms in total. The van der Waals surface area contributed by atoms with Crippen molar-refractivity contribution in [1.82, 2.24) is 5.32 Å². The first-order valence-electron chi connectivity index (χ1n) is 10.8. The van der Waals surface area contributed by atoms with Gasteiger partial charge >= 0.3 is 5.97 Å². The summed E-state index contributed by atoms with van der Waals surface area (Å²) in [5.74, 6) is 0.0717. The molecule has 1 saturated carbocycles. The van der Waals surface area contributed by atoms with Gasteiger partial charge in [-0.25, -0.2) is 4.79 Å². The van der Waals surface area contributed by atoms with Crippen LogP contribution in [-0.2, 0) is 11.2 Å². The fourth-order valence-electron chi connectivity index (χ4n) is 4.01. The maximum absolute atomic E-state index is 12.9. The van der Waals surface area contributed by atoms with Crippen LogP contribution in [0.5, 0.6) is 11.5 Å². The van der Waals surface area contributed by atoms with E-state index in [9.17, 15) is 14.7 Å². The van der Waals surface area contributed by atoms with Crippen LogP contribution in [0.1, 0.15) is 54.1 Å². The van der Waals surface area contributed by atoms with Gasteiger partial charge in [0.2, 0.25) is 0 Å². The van der Waals surface area contributed by atoms with Crippen molar-refractivity contribution in [3.8, 4) is 11.5 Å². The molecule has 2 N–H and O–H groups in total. The van der Waals surface area contributed by atoms with Crippen molar-refractivity contribution in [2.45, 2.75) is 51.5 Å². The van der Waals surface area contributed by atoms with Crippen molar-refractivity contribution in [2.75, 3.05) is 13.7 Å². The van der Waals surface area contributed by atoms with Gasteiger partial charge in [0.05, 0.1) is 13.7 Å². The third-order valence-electron chi connectivity index (χ3n) is 6.05. The van der Waals surface area contributed by atoms with E-state index >= 15 is 0 Å². The standard InChI is InChI=1S/C25H31NO5/c1-17-9-12-25(13-10-17,24(28)29)26-23(27)20-7-8-21(30-3)22(16-20)31-14-11-19-6-4-5-18(2)15-19/h4-8,15-17H,9-14H2,1-3H3,(H,26,27)(H,28,29). The third-order valence-corrected chi connectivity index (χ3v) is 6.05. The lowest BCUT2D eigenvalue weighted by Gasteiger charge is -2.36. The Hall–Kier alpha value is -3.02. The quantitative estimate of drug-likeness (QED) is 0.655. The Morgan fingerprint density at radius 3 is 2.52 bits per heavy atom. The number of carboxylic acids is 1. The van der Waals surface area contributed by atoms with Gasteiger partial charge in [0.25, 0.3) is 5.91 Å². The predicted molar refractivity (Wildman–Crippen MR) is 119 cm³/mol. The number of aryl methyl sites for hydroxylation is 1. The Labute approximate surface area is 183 Å². The van der Waals surface area contributed by atoms with Crippen molar-refractivity contribution < 1.29 is 24.2 Å². The molecule has 0 aliphatic heterocycles. The molecule has 0 heterocycles. The molecule has 0 aromatic heterocycles. The molecule has 0 saturated heterocycles. The Kier molecular flexibility index (Phi) is 7.21. The smallest absolute Gasteiger partial charge is 0.329 e. The minimum atomic E-state index is -1.21. The van der Waals surface area contributed by atoms with Gasteiger partial charge in [-0.05, 0) is 62.3 Å². The highest BCUT2D eigenvalue weighted by Gasteiger charge is 2.42. The molecule has 3 rings (SSSR count). The zero-order valence-electron chi connectivity index (χ0n) is 18.4. The summed E-state index contributed by atoms with van der Waals surface area (Å²) in [6.07, 6.45) is 3.16. The second kappa shape index (κ2) is 9.86. The molecule has 166 valence electrons. The molecule has 2 aromatic carbocycles. The second-order valence-electron chi connectivity index (χ2n) is 8.48. The number of benzene rings is 2. The number of methoxy groups -OCH3 is 1. The van der Waals surface area contributed by atoms with Crippen LogP contribution in [0.15, 0.2) is 42.5 Å². The number of aliphatic carboxylic acids is 1. The van der Waals surface area contributed by atoms with E-state index in [2.05, 4.69) is 18.3 Å². The maximum Gasteiger partial charge on any atom is 0.329 e. The number of hydrogen-bond acceptors (Lipinski definition) is 4. The summed E-state index contributed by atoms with van der Waals surface area (Å²) in [4.78, 5) is 24.9. The maximum atomic E-state index is 12.9. The number of carboxylic acid groups (broad SMARTS) is 1. The number of carbonyl (C=O) groups is 2. The highest BCUT2D eigenvalue weighted by atomic mass is 16.5. The summed E-state index contributed by atoms with van der Waals surface area (Å²) in [5, 5.41) is 12.6. The van der Waals surface area contributed by atoms with Crippen molar-refractivity contribution in [3.05, 3.63) is 59.2 Å². The van der Waals surface area contributed by atoms with E-state index in [4.69, 9.17) is 9.47 Å². The molecule has 0 radical (unpaired) electrons. The van der Waals surface area contributed by atoms with E-state index in [0.29, 0.717) is 42.4 Å². The number of hydrogen-bond donors (Lipinski definition) is 2. The van der Waals surface area contributed by atoms with Crippen molar-refractivity contribution >= 4 is 11.9 Å². The number of rotatable bonds is 8. The first kappa shape index (κ1) is 22.7. The summed E-state index contributed by atoms with van der Waals surface area (Å²) in [7, 11) is 1.55. The molecule has 6 heteroatoms. The van der Waals surface area contributed by atoms with Gasteiger partial charge in [-0.1, -0.05) is 36.8 Å². The van der Waals surface area contributed by atoms with Gasteiger partial charge in [-0.15, -0.1) is 0 Å². The first-order chi connectivity index (χ1) is 14.8. The molecular weight excluding hydrogens is 394 g/mol. The van der Waals surface area contributed by atoms with Crippen LogP contribution >= 0.6 is 0 Å². The molecule has 1 aliphatic carbocycles. The largest absolute Gasteiger partial charge is 0.493 e. The normalized spacial score (nSPS) is 20.7. The zero-order chi connectivity index (χ0) is 22.4. The lowest BCUT2D eigenvalue weighted by Crippen LogP contribution is -2.56. The Bertz CT molecular complexity index is 931. The zero-order valence-corrected chi connectivity index (χ0v) is 18.4. The average Bonchev–Trinajstić information content (AvgIpc) is 2.75. The van der Waals surface area contributed by atoms with E-state index in [1.54, 1.807) is 25.3 Å². The summed E-state index contributed by atoms with van der Waals surface area (Å²) in [6, 6.07) is 13.1. The van der Waals surface area contributed by atoms with E-state index in [1.807, 2.05) is 25.1 Å². The van der Waals surface area contributed by atoms with E-state index < -0.39 is 17.4 Å². The number of amides is 1. The molecule has 2 aromatic rings. The summed E-state index contributed by atoms with van der Waals surface area (Å²) in [5.41, 5.74) is 1.50. The molecule has 0 bridgehead atoms. The molecule has 0 unspecified atom stereocenters. The molecule has 1 fully saturated rings. The SMILES string of the molecule is COc1ccc(C(=O)NC2(C(=O)O)CCC(C)CC2)cc1OCCc1cccc(C)c1. The molecule has 1 amide bonds. The van der Waals surface area contributed by atoms with E-state index in [-0.39, 0.29) is 0 Å². The average molecular weight is 426 g/mol. The lowest BCUT2D eigenvalue weighted by molar-refractivity contribution is -0.146. The number of nitrogens with one attached hydrogen (secondary N) is 1. The topological polar surface area (TPSA) is 84.9 Å². The van der Waals surface area contributed by atoms with Gasteiger partial charge in [0.1, 0.15) is 5.54 Å². The predicted octanol–water partition coefficient (Wildman–Crippen LogP) is 4.39. The fourth-order valence-corrected chi connectivity index (χ4v) is 4.01. The van der Waals surface area contributed by atoms with Gasteiger partial charge in [0, 0.05) is 12.0 Å². The van der Waals surface area contributed by atoms with Crippen LogP contribution in [-0.4, -0.2) is 36.2 Å². The summed E-state index contributed by atoms with van der Waals surface area (Å²) >= 11 is 0. The van der Waals surface area contributed by atoms with Crippen LogP contribution in [0.4, 0.5) is 0 Å². The molecule has 1 aliphatic rings. The minimum Gasteiger partial charge on any atom is -0.493 e. The second-order valence-corrected chi connectivity index (χ2v) is 8.48. The van der Waals surface area contributed by atoms with Crippen LogP contribution in [0.25, 0.3) is 0 Å². The highest BCUT2D eigenvalue weighted by Crippen LogP contribution is 2.33. The van der Waals surface area contributed by atoms with E-state index in [1.165, 1.54) is 11.1 Å². The van der Waals surface area contributed by atoms with Gasteiger partial charge in [0.15, 0.2) is 11.5 Å². The summed E-state index contributed by atoms with van der Waals surface area (Å²) in [6.45, 7) is 4.59. The Morgan fingerprint density at radius 2 is 1.87 bits per heavy atom. The van der Waals surface area contributed by atoms with Crippen LogP contribution in [0.2, 0.25) is 0 Å². The van der Waals surface area contributed by atoms with Crippen molar-refractivity contribution in [3.63, 3.8) is 0 Å². The minimum absolute atomic E-state index is 0.352.